The van der Waals surface area contributed by atoms with Gasteiger partial charge in [0.1, 0.15) is 5.75 Å². The number of ether oxygens (including phenoxy) is 1. The second kappa shape index (κ2) is 4.81. The third-order valence-electron chi connectivity index (χ3n) is 3.58. The fraction of sp³-hybridized carbons (Fsp3) is 0.176. The van der Waals surface area contributed by atoms with Gasteiger partial charge in [-0.15, -0.1) is 0 Å². The smallest absolute Gasteiger partial charge is 0.119 e. The van der Waals surface area contributed by atoms with Crippen LogP contribution in [0.1, 0.15) is 11.1 Å². The molecule has 0 N–H and O–H groups in total. The molecule has 0 bridgehead atoms. The number of methoxy groups -OCH3 is 1. The van der Waals surface area contributed by atoms with Crippen molar-refractivity contribution in [2.24, 2.45) is 0 Å². The zero-order valence-electron chi connectivity index (χ0n) is 11.3. The lowest BCUT2D eigenvalue weighted by molar-refractivity contribution is 0.415. The average Bonchev–Trinajstić information content (AvgIpc) is 2.83. The van der Waals surface area contributed by atoms with E-state index in [2.05, 4.69) is 60.2 Å². The van der Waals surface area contributed by atoms with E-state index in [1.807, 2.05) is 6.07 Å². The highest BCUT2D eigenvalue weighted by Gasteiger charge is 2.04. The van der Waals surface area contributed by atoms with E-state index in [0.29, 0.717) is 0 Å². The van der Waals surface area contributed by atoms with Crippen LogP contribution in [0.5, 0.6) is 5.75 Å². The number of hydrogen-bond acceptors (Lipinski definition) is 1. The van der Waals surface area contributed by atoms with Crippen LogP contribution in [0.15, 0.2) is 54.7 Å². The summed E-state index contributed by atoms with van der Waals surface area (Å²) in [5.74, 6) is 0.904. The Hall–Kier alpha value is -2.22. The summed E-state index contributed by atoms with van der Waals surface area (Å²) in [6, 6.07) is 16.9. The van der Waals surface area contributed by atoms with Crippen LogP contribution in [0.3, 0.4) is 0 Å². The predicted molar refractivity (Wildman–Crippen MR) is 78.8 cm³/mol. The monoisotopic (exact) mass is 251 g/mol. The SMILES string of the molecule is COc1ccc2c(ccn2Cc2ccccc2C)c1. The normalized spacial score (nSPS) is 10.8. The van der Waals surface area contributed by atoms with E-state index in [0.717, 1.165) is 12.3 Å². The van der Waals surface area contributed by atoms with Crippen LogP contribution in [0.2, 0.25) is 0 Å². The molecular weight excluding hydrogens is 234 g/mol. The van der Waals surface area contributed by atoms with E-state index in [-0.39, 0.29) is 0 Å². The molecule has 3 aromatic rings. The third-order valence-corrected chi connectivity index (χ3v) is 3.58. The van der Waals surface area contributed by atoms with Crippen LogP contribution >= 0.6 is 0 Å². The molecule has 0 atom stereocenters. The van der Waals surface area contributed by atoms with Crippen molar-refractivity contribution in [1.82, 2.24) is 4.57 Å². The minimum Gasteiger partial charge on any atom is -0.497 e. The average molecular weight is 251 g/mol. The van der Waals surface area contributed by atoms with Gasteiger partial charge in [0.2, 0.25) is 0 Å². The van der Waals surface area contributed by atoms with Gasteiger partial charge in [-0.1, -0.05) is 24.3 Å². The van der Waals surface area contributed by atoms with E-state index in [1.165, 1.54) is 22.0 Å². The fourth-order valence-corrected chi connectivity index (χ4v) is 2.41. The summed E-state index contributed by atoms with van der Waals surface area (Å²) in [7, 11) is 1.70. The molecule has 19 heavy (non-hydrogen) atoms. The van der Waals surface area contributed by atoms with Gasteiger partial charge in [0.15, 0.2) is 0 Å². The molecule has 0 radical (unpaired) electrons. The number of aryl methyl sites for hydroxylation is 1. The van der Waals surface area contributed by atoms with Crippen LogP contribution in [-0.4, -0.2) is 11.7 Å². The van der Waals surface area contributed by atoms with Gasteiger partial charge in [-0.2, -0.15) is 0 Å². The van der Waals surface area contributed by atoms with E-state index in [9.17, 15) is 0 Å². The molecule has 96 valence electrons. The van der Waals surface area contributed by atoms with E-state index in [4.69, 9.17) is 4.74 Å². The standard InChI is InChI=1S/C17H17NO/c1-13-5-3-4-6-15(13)12-18-10-9-14-11-16(19-2)7-8-17(14)18/h3-11H,12H2,1-2H3. The maximum absolute atomic E-state index is 5.26. The molecule has 1 aromatic heterocycles. The summed E-state index contributed by atoms with van der Waals surface area (Å²) in [5, 5.41) is 1.22. The van der Waals surface area contributed by atoms with Crippen molar-refractivity contribution in [2.45, 2.75) is 13.5 Å². The summed E-state index contributed by atoms with van der Waals surface area (Å²) in [6.45, 7) is 3.06. The maximum Gasteiger partial charge on any atom is 0.119 e. The molecule has 2 nitrogen and oxygen atoms in total. The number of hydrogen-bond donors (Lipinski definition) is 0. The van der Waals surface area contributed by atoms with Gasteiger partial charge in [0.05, 0.1) is 7.11 Å². The molecule has 0 aliphatic heterocycles. The molecule has 2 aromatic carbocycles. The zero-order chi connectivity index (χ0) is 13.2. The number of aromatic nitrogens is 1. The van der Waals surface area contributed by atoms with Gasteiger partial charge in [-0.3, -0.25) is 0 Å². The van der Waals surface area contributed by atoms with Crippen molar-refractivity contribution >= 4 is 10.9 Å². The lowest BCUT2D eigenvalue weighted by Crippen LogP contribution is -1.99. The number of rotatable bonds is 3. The Bertz CT molecular complexity index is 712. The predicted octanol–water partition coefficient (Wildman–Crippen LogP) is 4.01. The minimum atomic E-state index is 0.904. The molecule has 0 aliphatic rings. The van der Waals surface area contributed by atoms with Gasteiger partial charge in [0, 0.05) is 23.6 Å². The minimum absolute atomic E-state index is 0.904. The van der Waals surface area contributed by atoms with Gasteiger partial charge in [-0.25, -0.2) is 0 Å². The highest BCUT2D eigenvalue weighted by Crippen LogP contribution is 2.23. The first kappa shape index (κ1) is 11.8. The summed E-state index contributed by atoms with van der Waals surface area (Å²) < 4.78 is 7.53. The van der Waals surface area contributed by atoms with Crippen molar-refractivity contribution in [3.63, 3.8) is 0 Å². The first-order valence-corrected chi connectivity index (χ1v) is 6.45. The van der Waals surface area contributed by atoms with Crippen LogP contribution in [-0.2, 0) is 6.54 Å². The Morgan fingerprint density at radius 1 is 1.05 bits per heavy atom. The largest absolute Gasteiger partial charge is 0.497 e. The lowest BCUT2D eigenvalue weighted by Gasteiger charge is -2.09. The van der Waals surface area contributed by atoms with Gasteiger partial charge in [0.25, 0.3) is 0 Å². The fourth-order valence-electron chi connectivity index (χ4n) is 2.41. The Balaban J connectivity index is 2.00. The van der Waals surface area contributed by atoms with Crippen molar-refractivity contribution < 1.29 is 4.74 Å². The van der Waals surface area contributed by atoms with Crippen molar-refractivity contribution in [3.05, 3.63) is 65.9 Å². The second-order valence-electron chi connectivity index (χ2n) is 4.79. The van der Waals surface area contributed by atoms with Crippen molar-refractivity contribution in [1.29, 1.82) is 0 Å². The van der Waals surface area contributed by atoms with Crippen LogP contribution in [0.4, 0.5) is 0 Å². The van der Waals surface area contributed by atoms with E-state index in [1.54, 1.807) is 7.11 Å². The molecule has 0 aliphatic carbocycles. The molecule has 0 saturated heterocycles. The van der Waals surface area contributed by atoms with Crippen LogP contribution in [0, 0.1) is 6.92 Å². The van der Waals surface area contributed by atoms with Crippen LogP contribution < -0.4 is 4.74 Å². The van der Waals surface area contributed by atoms with Crippen LogP contribution in [0.25, 0.3) is 10.9 Å². The van der Waals surface area contributed by atoms with Gasteiger partial charge < -0.3 is 9.30 Å². The summed E-state index contributed by atoms with van der Waals surface area (Å²) in [5.41, 5.74) is 3.93. The first-order valence-electron chi connectivity index (χ1n) is 6.45. The quantitative estimate of drug-likeness (QED) is 0.686. The molecule has 2 heteroatoms. The molecule has 0 saturated carbocycles. The summed E-state index contributed by atoms with van der Waals surface area (Å²) in [4.78, 5) is 0. The molecule has 3 rings (SSSR count). The number of fused-ring (bicyclic) bond motifs is 1. The summed E-state index contributed by atoms with van der Waals surface area (Å²) in [6.07, 6.45) is 2.14. The maximum atomic E-state index is 5.26. The van der Waals surface area contributed by atoms with Crippen molar-refractivity contribution in [2.75, 3.05) is 7.11 Å². The third kappa shape index (κ3) is 2.22. The lowest BCUT2D eigenvalue weighted by atomic mass is 10.1. The Morgan fingerprint density at radius 3 is 2.68 bits per heavy atom. The molecular formula is C17H17NO. The Morgan fingerprint density at radius 2 is 1.89 bits per heavy atom. The summed E-state index contributed by atoms with van der Waals surface area (Å²) >= 11 is 0. The molecule has 0 spiro atoms. The van der Waals surface area contributed by atoms with E-state index < -0.39 is 0 Å². The Kier molecular flexibility index (Phi) is 3.00. The molecule has 0 fully saturated rings. The topological polar surface area (TPSA) is 14.2 Å². The van der Waals surface area contributed by atoms with Crippen molar-refractivity contribution in [3.8, 4) is 5.75 Å². The molecule has 0 amide bonds. The highest BCUT2D eigenvalue weighted by molar-refractivity contribution is 5.81. The van der Waals surface area contributed by atoms with Gasteiger partial charge >= 0.3 is 0 Å². The zero-order valence-corrected chi connectivity index (χ0v) is 11.3. The Labute approximate surface area is 113 Å². The molecule has 0 unspecified atom stereocenters. The van der Waals surface area contributed by atoms with E-state index >= 15 is 0 Å². The molecule has 1 heterocycles. The van der Waals surface area contributed by atoms with Gasteiger partial charge in [-0.05, 0) is 42.3 Å². The number of benzene rings is 2. The highest BCUT2D eigenvalue weighted by atomic mass is 16.5. The first-order chi connectivity index (χ1) is 9.28. The number of nitrogens with zero attached hydrogens (tertiary/aromatic N) is 1. The second-order valence-corrected chi connectivity index (χ2v) is 4.79.